The molecule has 0 N–H and O–H groups in total. The lowest BCUT2D eigenvalue weighted by molar-refractivity contribution is 0.0535. The highest BCUT2D eigenvalue weighted by molar-refractivity contribution is 7.90. The van der Waals surface area contributed by atoms with Crippen molar-refractivity contribution in [3.8, 4) is 0 Å². The van der Waals surface area contributed by atoms with Gasteiger partial charge in [0.1, 0.15) is 5.82 Å². The van der Waals surface area contributed by atoms with Crippen LogP contribution in [-0.4, -0.2) is 62.5 Å². The Balaban J connectivity index is 1.63. The first-order valence-electron chi connectivity index (χ1n) is 8.40. The second-order valence-corrected chi connectivity index (χ2v) is 8.41. The van der Waals surface area contributed by atoms with Gasteiger partial charge in [0.05, 0.1) is 4.90 Å². The molecule has 8 heteroatoms. The normalized spacial score (nSPS) is 14.9. The number of hydrogen-bond acceptors (Lipinski definition) is 4. The molecule has 0 aromatic heterocycles. The molecule has 6 nitrogen and oxygen atoms in total. The number of nitrogens with zero attached hydrogens (tertiary/aromatic N) is 2. The van der Waals surface area contributed by atoms with Crippen LogP contribution in [0.15, 0.2) is 53.4 Å². The molecule has 0 atom stereocenters. The molecule has 0 aliphatic carbocycles. The molecule has 2 amide bonds. The summed E-state index contributed by atoms with van der Waals surface area (Å²) in [7, 11) is -3.31. The molecule has 2 aromatic carbocycles. The van der Waals surface area contributed by atoms with Gasteiger partial charge in [-0.2, -0.15) is 0 Å². The minimum absolute atomic E-state index is 0.157. The van der Waals surface area contributed by atoms with Crippen LogP contribution in [0.1, 0.15) is 20.7 Å². The average Bonchev–Trinajstić information content (AvgIpc) is 2.66. The highest BCUT2D eigenvalue weighted by Crippen LogP contribution is 2.15. The van der Waals surface area contributed by atoms with E-state index in [1.165, 1.54) is 42.5 Å². The van der Waals surface area contributed by atoms with Crippen LogP contribution in [0, 0.1) is 5.82 Å². The third-order valence-corrected chi connectivity index (χ3v) is 5.58. The molecule has 27 heavy (non-hydrogen) atoms. The number of benzene rings is 2. The van der Waals surface area contributed by atoms with Gasteiger partial charge < -0.3 is 9.80 Å². The topological polar surface area (TPSA) is 74.8 Å². The molecular formula is C19H19FN2O4S. The lowest BCUT2D eigenvalue weighted by atomic mass is 10.1. The van der Waals surface area contributed by atoms with Crippen LogP contribution in [0.2, 0.25) is 0 Å². The van der Waals surface area contributed by atoms with Gasteiger partial charge >= 0.3 is 0 Å². The molecular weight excluding hydrogens is 371 g/mol. The Kier molecular flexibility index (Phi) is 5.27. The first kappa shape index (κ1) is 19.0. The van der Waals surface area contributed by atoms with Crippen molar-refractivity contribution < 1.29 is 22.4 Å². The second kappa shape index (κ2) is 7.48. The molecule has 142 valence electrons. The fourth-order valence-corrected chi connectivity index (χ4v) is 3.57. The number of carbonyl (C=O) groups excluding carboxylic acids is 2. The van der Waals surface area contributed by atoms with Crippen molar-refractivity contribution in [1.29, 1.82) is 0 Å². The molecule has 1 heterocycles. The summed E-state index contributed by atoms with van der Waals surface area (Å²) < 4.78 is 36.3. The first-order chi connectivity index (χ1) is 12.8. The number of hydrogen-bond donors (Lipinski definition) is 0. The standard InChI is InChI=1S/C19H19FN2O4S/c1-27(25,26)17-7-5-14(6-8-17)18(23)21-9-11-22(12-10-21)19(24)15-3-2-4-16(20)13-15/h2-8,13H,9-12H2,1H3. The van der Waals surface area contributed by atoms with E-state index in [4.69, 9.17) is 0 Å². The molecule has 2 aromatic rings. The molecule has 0 radical (unpaired) electrons. The summed E-state index contributed by atoms with van der Waals surface area (Å²) in [5.74, 6) is -0.945. The van der Waals surface area contributed by atoms with E-state index in [9.17, 15) is 22.4 Å². The summed E-state index contributed by atoms with van der Waals surface area (Å²) in [5, 5.41) is 0. The van der Waals surface area contributed by atoms with E-state index < -0.39 is 15.7 Å². The van der Waals surface area contributed by atoms with Crippen LogP contribution in [0.3, 0.4) is 0 Å². The van der Waals surface area contributed by atoms with Gasteiger partial charge in [-0.1, -0.05) is 6.07 Å². The Morgan fingerprint density at radius 2 is 1.37 bits per heavy atom. The Hall–Kier alpha value is -2.74. The molecule has 0 bridgehead atoms. The zero-order valence-corrected chi connectivity index (χ0v) is 15.6. The molecule has 1 aliphatic rings. The Bertz CT molecular complexity index is 965. The van der Waals surface area contributed by atoms with Gasteiger partial charge in [-0.15, -0.1) is 0 Å². The Labute approximate surface area is 157 Å². The SMILES string of the molecule is CS(=O)(=O)c1ccc(C(=O)N2CCN(C(=O)c3cccc(F)c3)CC2)cc1. The van der Waals surface area contributed by atoms with Gasteiger partial charge in [-0.3, -0.25) is 9.59 Å². The van der Waals surface area contributed by atoms with Crippen molar-refractivity contribution in [2.75, 3.05) is 32.4 Å². The number of amides is 2. The quantitative estimate of drug-likeness (QED) is 0.801. The summed E-state index contributed by atoms with van der Waals surface area (Å²) in [6, 6.07) is 11.3. The van der Waals surface area contributed by atoms with E-state index in [-0.39, 0.29) is 22.3 Å². The van der Waals surface area contributed by atoms with Crippen LogP contribution in [-0.2, 0) is 9.84 Å². The van der Waals surface area contributed by atoms with Crippen molar-refractivity contribution in [2.45, 2.75) is 4.90 Å². The van der Waals surface area contributed by atoms with Crippen molar-refractivity contribution in [3.05, 3.63) is 65.5 Å². The fraction of sp³-hybridized carbons (Fsp3) is 0.263. The minimum atomic E-state index is -3.31. The zero-order valence-electron chi connectivity index (χ0n) is 14.8. The number of piperazine rings is 1. The summed E-state index contributed by atoms with van der Waals surface area (Å²) in [6.07, 6.45) is 1.11. The molecule has 3 rings (SSSR count). The zero-order chi connectivity index (χ0) is 19.6. The van der Waals surface area contributed by atoms with Crippen molar-refractivity contribution in [3.63, 3.8) is 0 Å². The minimum Gasteiger partial charge on any atom is -0.335 e. The predicted molar refractivity (Wildman–Crippen MR) is 97.8 cm³/mol. The lowest BCUT2D eigenvalue weighted by Gasteiger charge is -2.35. The van der Waals surface area contributed by atoms with E-state index in [1.54, 1.807) is 15.9 Å². The molecule has 0 spiro atoms. The van der Waals surface area contributed by atoms with Crippen LogP contribution < -0.4 is 0 Å². The van der Waals surface area contributed by atoms with Crippen molar-refractivity contribution >= 4 is 21.7 Å². The van der Waals surface area contributed by atoms with Gasteiger partial charge in [0.25, 0.3) is 11.8 Å². The number of carbonyl (C=O) groups is 2. The number of sulfone groups is 1. The highest BCUT2D eigenvalue weighted by Gasteiger charge is 2.25. The van der Waals surface area contributed by atoms with Gasteiger partial charge in [-0.05, 0) is 42.5 Å². The fourth-order valence-electron chi connectivity index (χ4n) is 2.94. The van der Waals surface area contributed by atoms with Gasteiger partial charge in [-0.25, -0.2) is 12.8 Å². The van der Waals surface area contributed by atoms with E-state index in [2.05, 4.69) is 0 Å². The molecule has 1 fully saturated rings. The maximum absolute atomic E-state index is 13.3. The third kappa shape index (κ3) is 4.33. The Morgan fingerprint density at radius 3 is 1.85 bits per heavy atom. The Morgan fingerprint density at radius 1 is 0.852 bits per heavy atom. The third-order valence-electron chi connectivity index (χ3n) is 4.46. The van der Waals surface area contributed by atoms with E-state index in [0.717, 1.165) is 6.26 Å². The molecule has 0 saturated carbocycles. The van der Waals surface area contributed by atoms with Gasteiger partial charge in [0.15, 0.2) is 9.84 Å². The maximum Gasteiger partial charge on any atom is 0.254 e. The van der Waals surface area contributed by atoms with Crippen LogP contribution in [0.25, 0.3) is 0 Å². The average molecular weight is 390 g/mol. The van der Waals surface area contributed by atoms with Crippen LogP contribution in [0.5, 0.6) is 0 Å². The van der Waals surface area contributed by atoms with E-state index in [0.29, 0.717) is 31.7 Å². The smallest absolute Gasteiger partial charge is 0.254 e. The van der Waals surface area contributed by atoms with E-state index >= 15 is 0 Å². The summed E-state index contributed by atoms with van der Waals surface area (Å²) in [6.45, 7) is 1.41. The highest BCUT2D eigenvalue weighted by atomic mass is 32.2. The van der Waals surface area contributed by atoms with Gasteiger partial charge in [0, 0.05) is 43.6 Å². The number of rotatable bonds is 3. The van der Waals surface area contributed by atoms with Crippen LogP contribution in [0.4, 0.5) is 4.39 Å². The number of halogens is 1. The lowest BCUT2D eigenvalue weighted by Crippen LogP contribution is -2.50. The molecule has 1 saturated heterocycles. The molecule has 1 aliphatic heterocycles. The van der Waals surface area contributed by atoms with Crippen molar-refractivity contribution in [2.24, 2.45) is 0 Å². The summed E-state index contributed by atoms with van der Waals surface area (Å²) in [5.41, 5.74) is 0.679. The maximum atomic E-state index is 13.3. The summed E-state index contributed by atoms with van der Waals surface area (Å²) in [4.78, 5) is 28.4. The predicted octanol–water partition coefficient (Wildman–Crippen LogP) is 1.83. The summed E-state index contributed by atoms with van der Waals surface area (Å²) >= 11 is 0. The second-order valence-electron chi connectivity index (χ2n) is 6.39. The monoisotopic (exact) mass is 390 g/mol. The largest absolute Gasteiger partial charge is 0.335 e. The van der Waals surface area contributed by atoms with Crippen molar-refractivity contribution in [1.82, 2.24) is 9.80 Å². The first-order valence-corrected chi connectivity index (χ1v) is 10.3. The van der Waals surface area contributed by atoms with Crippen LogP contribution >= 0.6 is 0 Å². The van der Waals surface area contributed by atoms with Gasteiger partial charge in [0.2, 0.25) is 0 Å². The van der Waals surface area contributed by atoms with E-state index in [1.807, 2.05) is 0 Å². The molecule has 0 unspecified atom stereocenters.